The summed E-state index contributed by atoms with van der Waals surface area (Å²) < 4.78 is 75.7. The molecule has 0 saturated carbocycles. The van der Waals surface area contributed by atoms with Crippen molar-refractivity contribution in [2.45, 2.75) is 18.8 Å². The van der Waals surface area contributed by atoms with Crippen molar-refractivity contribution in [1.29, 1.82) is 0 Å². The third kappa shape index (κ3) is 3.32. The summed E-state index contributed by atoms with van der Waals surface area (Å²) in [5.74, 6) is -3.97. The second kappa shape index (κ2) is 5.98. The van der Waals surface area contributed by atoms with Crippen molar-refractivity contribution in [2.75, 3.05) is 7.11 Å². The lowest BCUT2D eigenvalue weighted by Gasteiger charge is -2.32. The normalized spacial score (nSPS) is 12.2. The lowest BCUT2D eigenvalue weighted by Crippen LogP contribution is -2.60. The number of hydrogen-bond donors (Lipinski definition) is 0. The minimum absolute atomic E-state index is 0.718. The van der Waals surface area contributed by atoms with Crippen molar-refractivity contribution in [3.05, 3.63) is 29.8 Å². The molecule has 0 aromatic heterocycles. The minimum Gasteiger partial charge on any atom is -0.412 e. The van der Waals surface area contributed by atoms with Gasteiger partial charge in [-0.2, -0.15) is 13.2 Å². The van der Waals surface area contributed by atoms with E-state index >= 15 is 0 Å². The van der Waals surface area contributed by atoms with Gasteiger partial charge in [0.15, 0.2) is 11.6 Å². The summed E-state index contributed by atoms with van der Waals surface area (Å²) in [6, 6.07) is 2.48. The molecular weight excluding hydrogens is 317 g/mol. The number of rotatable bonds is 4. The van der Waals surface area contributed by atoms with Crippen molar-refractivity contribution in [1.82, 2.24) is 5.12 Å². The molecule has 10 heteroatoms. The zero-order valence-corrected chi connectivity index (χ0v) is 12.3. The van der Waals surface area contributed by atoms with Crippen LogP contribution in [0, 0.1) is 11.6 Å². The summed E-state index contributed by atoms with van der Waals surface area (Å²) in [4.78, 5) is 11.3. The molecule has 0 N–H and O–H groups in total. The van der Waals surface area contributed by atoms with Gasteiger partial charge in [0, 0.05) is 7.11 Å². The van der Waals surface area contributed by atoms with Gasteiger partial charge >= 0.3 is 11.8 Å². The lowest BCUT2D eigenvalue weighted by molar-refractivity contribution is -0.165. The molecule has 118 valence electrons. The van der Waals surface area contributed by atoms with Crippen molar-refractivity contribution < 1.29 is 36.0 Å². The van der Waals surface area contributed by atoms with Gasteiger partial charge in [0.2, 0.25) is 5.82 Å². The van der Waals surface area contributed by atoms with Gasteiger partial charge in [0.25, 0.3) is 8.32 Å². The second-order valence-electron chi connectivity index (χ2n) is 4.46. The average molecular weight is 329 g/mol. The fourth-order valence-electron chi connectivity index (χ4n) is 1.17. The Balaban J connectivity index is 2.96. The Morgan fingerprint density at radius 3 is 2.38 bits per heavy atom. The molecule has 21 heavy (non-hydrogen) atoms. The molecule has 0 atom stereocenters. The second-order valence-corrected chi connectivity index (χ2v) is 8.49. The van der Waals surface area contributed by atoms with E-state index in [1.54, 1.807) is 0 Å². The molecule has 0 aliphatic carbocycles. The number of alkyl halides is 2. The summed E-state index contributed by atoms with van der Waals surface area (Å²) in [6.07, 6.45) is -2.18. The summed E-state index contributed by atoms with van der Waals surface area (Å²) in [7, 11) is -2.97. The molecule has 0 bridgehead atoms. The average Bonchev–Trinajstić information content (AvgIpc) is 2.42. The first kappa shape index (κ1) is 17.4. The van der Waals surface area contributed by atoms with E-state index in [1.165, 1.54) is 0 Å². The smallest absolute Gasteiger partial charge is 0.412 e. The molecule has 0 fully saturated rings. The zero-order valence-electron chi connectivity index (χ0n) is 11.3. The van der Waals surface area contributed by atoms with Crippen molar-refractivity contribution in [3.8, 4) is 5.75 Å². The number of amides is 1. The van der Waals surface area contributed by atoms with Crippen LogP contribution in [0.25, 0.3) is 0 Å². The van der Waals surface area contributed by atoms with E-state index in [-0.39, 0.29) is 0 Å². The zero-order chi connectivity index (χ0) is 16.4. The molecule has 0 heterocycles. The predicted molar refractivity (Wildman–Crippen MR) is 64.8 cm³/mol. The predicted octanol–water partition coefficient (Wildman–Crippen LogP) is 3.63. The molecular formula is C11H12F5NO3Si. The van der Waals surface area contributed by atoms with Gasteiger partial charge in [0.1, 0.15) is 0 Å². The maximum absolute atomic E-state index is 13.7. The Morgan fingerprint density at radius 1 is 1.29 bits per heavy atom. The number of halogens is 5. The highest BCUT2D eigenvalue weighted by molar-refractivity contribution is 6.73. The SMILES string of the molecule is CO[Si](C)(C)C(F)(F)N(F)C(=O)Oc1cccc(F)c1F. The first-order valence-electron chi connectivity index (χ1n) is 5.59. The molecule has 1 amide bonds. The molecule has 1 aromatic carbocycles. The van der Waals surface area contributed by atoms with Crippen LogP contribution >= 0.6 is 0 Å². The number of ether oxygens (including phenoxy) is 1. The molecule has 0 aliphatic heterocycles. The lowest BCUT2D eigenvalue weighted by atomic mass is 10.3. The van der Waals surface area contributed by atoms with Gasteiger partial charge in [0.05, 0.1) is 0 Å². The van der Waals surface area contributed by atoms with E-state index in [0.29, 0.717) is 0 Å². The van der Waals surface area contributed by atoms with Crippen LogP contribution in [-0.2, 0) is 4.43 Å². The molecule has 1 rings (SSSR count). The highest BCUT2D eigenvalue weighted by atomic mass is 28.4. The van der Waals surface area contributed by atoms with Gasteiger partial charge in [-0.05, 0) is 25.2 Å². The maximum atomic E-state index is 13.7. The minimum atomic E-state index is -4.26. The quantitative estimate of drug-likeness (QED) is 0.366. The molecule has 0 unspecified atom stereocenters. The van der Waals surface area contributed by atoms with E-state index in [2.05, 4.69) is 9.16 Å². The van der Waals surface area contributed by atoms with Crippen LogP contribution in [0.15, 0.2) is 18.2 Å². The largest absolute Gasteiger partial charge is 0.448 e. The van der Waals surface area contributed by atoms with E-state index in [0.717, 1.165) is 38.4 Å². The Hall–Kier alpha value is -1.68. The Morgan fingerprint density at radius 2 is 1.86 bits per heavy atom. The third-order valence-electron chi connectivity index (χ3n) is 2.75. The van der Waals surface area contributed by atoms with E-state index in [9.17, 15) is 26.8 Å². The van der Waals surface area contributed by atoms with Crippen LogP contribution in [0.5, 0.6) is 5.75 Å². The summed E-state index contributed by atoms with van der Waals surface area (Å²) in [6.45, 7) is 1.94. The van der Waals surface area contributed by atoms with Crippen LogP contribution in [0.1, 0.15) is 0 Å². The Kier molecular flexibility index (Phi) is 4.94. The fourth-order valence-corrected chi connectivity index (χ4v) is 1.98. The van der Waals surface area contributed by atoms with Crippen LogP contribution in [0.2, 0.25) is 13.1 Å². The van der Waals surface area contributed by atoms with Crippen LogP contribution in [-0.4, -0.2) is 32.3 Å². The maximum Gasteiger partial charge on any atom is 0.448 e. The van der Waals surface area contributed by atoms with Crippen LogP contribution in [0.3, 0.4) is 0 Å². The fraction of sp³-hybridized carbons (Fsp3) is 0.364. The topological polar surface area (TPSA) is 38.8 Å². The van der Waals surface area contributed by atoms with Gasteiger partial charge in [-0.15, -0.1) is 0 Å². The van der Waals surface area contributed by atoms with Gasteiger partial charge in [-0.3, -0.25) is 0 Å². The van der Waals surface area contributed by atoms with Gasteiger partial charge in [-0.1, -0.05) is 15.7 Å². The first-order valence-corrected chi connectivity index (χ1v) is 8.50. The molecule has 0 aliphatic rings. The van der Waals surface area contributed by atoms with Gasteiger partial charge < -0.3 is 9.16 Å². The van der Waals surface area contributed by atoms with Crippen LogP contribution in [0.4, 0.5) is 26.8 Å². The first-order chi connectivity index (χ1) is 9.54. The van der Waals surface area contributed by atoms with E-state index < -0.39 is 42.6 Å². The van der Waals surface area contributed by atoms with Crippen molar-refractivity contribution in [3.63, 3.8) is 0 Å². The molecule has 0 radical (unpaired) electrons. The van der Waals surface area contributed by atoms with E-state index in [1.807, 2.05) is 0 Å². The summed E-state index contributed by atoms with van der Waals surface area (Å²) >= 11 is 0. The summed E-state index contributed by atoms with van der Waals surface area (Å²) in [5, 5.41) is -1.48. The third-order valence-corrected chi connectivity index (χ3v) is 5.42. The highest BCUT2D eigenvalue weighted by Crippen LogP contribution is 2.33. The molecule has 1 aromatic rings. The van der Waals surface area contributed by atoms with Gasteiger partial charge in [-0.25, -0.2) is 9.18 Å². The number of nitrogens with zero attached hydrogens (tertiary/aromatic N) is 1. The van der Waals surface area contributed by atoms with Crippen molar-refractivity contribution >= 4 is 14.4 Å². The molecule has 0 spiro atoms. The molecule has 0 saturated heterocycles. The number of carbonyl (C=O) groups excluding carboxylic acids is 1. The number of carbonyl (C=O) groups is 1. The Bertz CT molecular complexity index is 541. The number of benzene rings is 1. The molecule has 4 nitrogen and oxygen atoms in total. The van der Waals surface area contributed by atoms with Crippen LogP contribution < -0.4 is 4.74 Å². The highest BCUT2D eigenvalue weighted by Gasteiger charge is 2.59. The summed E-state index contributed by atoms with van der Waals surface area (Å²) in [5.41, 5.74) is -4.26. The standard InChI is InChI=1S/C11H12F5NO3Si/c1-19-21(2,3)11(14,15)17(16)10(18)20-8-6-4-5-7(12)9(8)13/h4-6H,1-3H3. The monoisotopic (exact) mass is 329 g/mol. The van der Waals surface area contributed by atoms with E-state index in [4.69, 9.17) is 0 Å². The van der Waals surface area contributed by atoms with Crippen molar-refractivity contribution in [2.24, 2.45) is 0 Å². The Labute approximate surface area is 118 Å². The number of hydrogen-bond acceptors (Lipinski definition) is 3.